The zero-order chi connectivity index (χ0) is 20.1. The minimum Gasteiger partial charge on any atom is -0.481 e. The maximum atomic E-state index is 12.4. The molecule has 0 spiro atoms. The predicted molar refractivity (Wildman–Crippen MR) is 116 cm³/mol. The lowest BCUT2D eigenvalue weighted by Crippen LogP contribution is -2.30. The first-order chi connectivity index (χ1) is 13.4. The van der Waals surface area contributed by atoms with E-state index < -0.39 is 6.10 Å². The minimum absolute atomic E-state index is 0.260. The Hall–Kier alpha value is -2.09. The van der Waals surface area contributed by atoms with Gasteiger partial charge in [0.1, 0.15) is 5.75 Å². The number of rotatable bonds is 7. The van der Waals surface area contributed by atoms with Crippen molar-refractivity contribution in [2.75, 3.05) is 5.32 Å². The number of hydrogen-bond acceptors (Lipinski definition) is 6. The van der Waals surface area contributed by atoms with Crippen molar-refractivity contribution in [2.24, 2.45) is 0 Å². The van der Waals surface area contributed by atoms with Gasteiger partial charge in [0.2, 0.25) is 5.13 Å². The molecule has 0 saturated carbocycles. The van der Waals surface area contributed by atoms with Gasteiger partial charge >= 0.3 is 0 Å². The molecular weight excluding hydrogens is 414 g/mol. The number of carbonyl (C=O) groups excluding carboxylic acids is 1. The van der Waals surface area contributed by atoms with Crippen molar-refractivity contribution < 1.29 is 9.53 Å². The molecular formula is C20H20ClN3O2S2. The van der Waals surface area contributed by atoms with Crippen molar-refractivity contribution in [3.8, 4) is 5.75 Å². The molecule has 1 unspecified atom stereocenters. The standard InChI is InChI=1S/C20H20ClN3O2S2/c1-12-8-13(2)10-17(9-12)26-14(3)18(25)22-19-23-24-20(28-19)27-11-15-4-6-16(21)7-5-15/h4-10,14H,11H2,1-3H3,(H,22,23,25). The van der Waals surface area contributed by atoms with Crippen molar-refractivity contribution in [1.29, 1.82) is 0 Å². The molecule has 1 heterocycles. The van der Waals surface area contributed by atoms with Crippen LogP contribution in [0.2, 0.25) is 5.02 Å². The highest BCUT2D eigenvalue weighted by Gasteiger charge is 2.17. The highest BCUT2D eigenvalue weighted by molar-refractivity contribution is 8.00. The maximum Gasteiger partial charge on any atom is 0.266 e. The number of carbonyl (C=O) groups is 1. The first-order valence-corrected chi connectivity index (χ1v) is 10.8. The molecule has 1 N–H and O–H groups in total. The van der Waals surface area contributed by atoms with Crippen LogP contribution in [0, 0.1) is 13.8 Å². The quantitative estimate of drug-likeness (QED) is 0.393. The van der Waals surface area contributed by atoms with Crippen LogP contribution in [-0.4, -0.2) is 22.2 Å². The molecule has 1 atom stereocenters. The van der Waals surface area contributed by atoms with Gasteiger partial charge < -0.3 is 4.74 Å². The molecule has 28 heavy (non-hydrogen) atoms. The van der Waals surface area contributed by atoms with E-state index in [1.807, 2.05) is 50.2 Å². The average Bonchev–Trinajstić information content (AvgIpc) is 3.07. The highest BCUT2D eigenvalue weighted by atomic mass is 35.5. The maximum absolute atomic E-state index is 12.4. The van der Waals surface area contributed by atoms with Crippen molar-refractivity contribution in [1.82, 2.24) is 10.2 Å². The van der Waals surface area contributed by atoms with Crippen LogP contribution in [0.25, 0.3) is 0 Å². The Kier molecular flexibility index (Phi) is 6.93. The minimum atomic E-state index is -0.643. The molecule has 3 aromatic rings. The van der Waals surface area contributed by atoms with E-state index >= 15 is 0 Å². The molecule has 0 fully saturated rings. The lowest BCUT2D eigenvalue weighted by Gasteiger charge is -2.14. The Bertz CT molecular complexity index is 940. The summed E-state index contributed by atoms with van der Waals surface area (Å²) in [6.45, 7) is 5.70. The largest absolute Gasteiger partial charge is 0.481 e. The SMILES string of the molecule is Cc1cc(C)cc(OC(C)C(=O)Nc2nnc(SCc3ccc(Cl)cc3)s2)c1. The summed E-state index contributed by atoms with van der Waals surface area (Å²) in [6.07, 6.45) is -0.643. The van der Waals surface area contributed by atoms with Crippen LogP contribution in [0.4, 0.5) is 5.13 Å². The predicted octanol–water partition coefficient (Wildman–Crippen LogP) is 5.51. The lowest BCUT2D eigenvalue weighted by molar-refractivity contribution is -0.122. The van der Waals surface area contributed by atoms with Gasteiger partial charge in [0.25, 0.3) is 5.91 Å². The number of ether oxygens (including phenoxy) is 1. The molecule has 0 aliphatic rings. The van der Waals surface area contributed by atoms with Gasteiger partial charge in [-0.3, -0.25) is 10.1 Å². The van der Waals surface area contributed by atoms with Crippen molar-refractivity contribution in [2.45, 2.75) is 37.0 Å². The molecule has 5 nitrogen and oxygen atoms in total. The average molecular weight is 434 g/mol. The number of benzene rings is 2. The molecule has 146 valence electrons. The second-order valence-corrected chi connectivity index (χ2v) is 9.00. The summed E-state index contributed by atoms with van der Waals surface area (Å²) in [5, 5.41) is 12.1. The third kappa shape index (κ3) is 5.95. The molecule has 2 aromatic carbocycles. The summed E-state index contributed by atoms with van der Waals surface area (Å²) < 4.78 is 6.55. The Balaban J connectivity index is 1.53. The Labute approximate surface area is 177 Å². The number of halogens is 1. The monoisotopic (exact) mass is 433 g/mol. The van der Waals surface area contributed by atoms with E-state index in [2.05, 4.69) is 21.6 Å². The lowest BCUT2D eigenvalue weighted by atomic mass is 10.1. The van der Waals surface area contributed by atoms with E-state index in [-0.39, 0.29) is 5.91 Å². The van der Waals surface area contributed by atoms with Crippen LogP contribution in [0.1, 0.15) is 23.6 Å². The molecule has 0 radical (unpaired) electrons. The van der Waals surface area contributed by atoms with Crippen LogP contribution in [0.5, 0.6) is 5.75 Å². The smallest absolute Gasteiger partial charge is 0.266 e. The number of aromatic nitrogens is 2. The number of anilines is 1. The number of aryl methyl sites for hydroxylation is 2. The fourth-order valence-electron chi connectivity index (χ4n) is 2.51. The first-order valence-electron chi connectivity index (χ1n) is 8.65. The summed E-state index contributed by atoms with van der Waals surface area (Å²) in [5.41, 5.74) is 3.33. The van der Waals surface area contributed by atoms with Gasteiger partial charge in [-0.2, -0.15) is 0 Å². The Morgan fingerprint density at radius 2 is 1.86 bits per heavy atom. The van der Waals surface area contributed by atoms with Gasteiger partial charge in [-0.1, -0.05) is 52.9 Å². The molecule has 0 saturated heterocycles. The number of thioether (sulfide) groups is 1. The normalized spacial score (nSPS) is 11.9. The molecule has 1 amide bonds. The van der Waals surface area contributed by atoms with Gasteiger partial charge in [0.15, 0.2) is 10.4 Å². The van der Waals surface area contributed by atoms with Gasteiger partial charge in [-0.05, 0) is 61.7 Å². The third-order valence-corrected chi connectivity index (χ3v) is 6.08. The van der Waals surface area contributed by atoms with E-state index in [0.29, 0.717) is 15.9 Å². The zero-order valence-corrected chi connectivity index (χ0v) is 18.1. The van der Waals surface area contributed by atoms with E-state index in [4.69, 9.17) is 16.3 Å². The fraction of sp³-hybridized carbons (Fsp3) is 0.250. The molecule has 1 aromatic heterocycles. The molecule has 0 aliphatic carbocycles. The van der Waals surface area contributed by atoms with Crippen molar-refractivity contribution >= 4 is 45.7 Å². The van der Waals surface area contributed by atoms with Gasteiger partial charge in [0.05, 0.1) is 0 Å². The third-order valence-electron chi connectivity index (χ3n) is 3.79. The number of amides is 1. The zero-order valence-electron chi connectivity index (χ0n) is 15.7. The second-order valence-electron chi connectivity index (χ2n) is 6.36. The van der Waals surface area contributed by atoms with Crippen molar-refractivity contribution in [3.63, 3.8) is 0 Å². The van der Waals surface area contributed by atoms with E-state index in [0.717, 1.165) is 26.8 Å². The topological polar surface area (TPSA) is 64.1 Å². The van der Waals surface area contributed by atoms with Crippen LogP contribution in [0.3, 0.4) is 0 Å². The Morgan fingerprint density at radius 3 is 2.54 bits per heavy atom. The summed E-state index contributed by atoms with van der Waals surface area (Å²) in [4.78, 5) is 12.4. The van der Waals surface area contributed by atoms with Gasteiger partial charge in [0, 0.05) is 10.8 Å². The van der Waals surface area contributed by atoms with Crippen LogP contribution in [0.15, 0.2) is 46.8 Å². The molecule has 8 heteroatoms. The summed E-state index contributed by atoms with van der Waals surface area (Å²) in [5.74, 6) is 1.17. The van der Waals surface area contributed by atoms with E-state index in [9.17, 15) is 4.79 Å². The fourth-order valence-corrected chi connectivity index (χ4v) is 4.35. The Morgan fingerprint density at radius 1 is 1.18 bits per heavy atom. The second kappa shape index (κ2) is 9.41. The summed E-state index contributed by atoms with van der Waals surface area (Å²) in [6, 6.07) is 13.6. The molecule has 0 aliphatic heterocycles. The number of nitrogens with one attached hydrogen (secondary N) is 1. The van der Waals surface area contributed by atoms with Gasteiger partial charge in [-0.15, -0.1) is 10.2 Å². The van der Waals surface area contributed by atoms with Gasteiger partial charge in [-0.25, -0.2) is 0 Å². The van der Waals surface area contributed by atoms with Crippen LogP contribution < -0.4 is 10.1 Å². The summed E-state index contributed by atoms with van der Waals surface area (Å²) >= 11 is 8.80. The number of hydrogen-bond donors (Lipinski definition) is 1. The highest BCUT2D eigenvalue weighted by Crippen LogP contribution is 2.29. The van der Waals surface area contributed by atoms with Crippen LogP contribution >= 0.6 is 34.7 Å². The molecule has 3 rings (SSSR count). The van der Waals surface area contributed by atoms with Crippen molar-refractivity contribution in [3.05, 3.63) is 64.2 Å². The van der Waals surface area contributed by atoms with Crippen LogP contribution in [-0.2, 0) is 10.5 Å². The number of nitrogens with zero attached hydrogens (tertiary/aromatic N) is 2. The first kappa shape index (κ1) is 20.6. The molecule has 0 bridgehead atoms. The van der Waals surface area contributed by atoms with E-state index in [1.54, 1.807) is 18.7 Å². The van der Waals surface area contributed by atoms with E-state index in [1.165, 1.54) is 11.3 Å². The summed E-state index contributed by atoms with van der Waals surface area (Å²) in [7, 11) is 0.